The van der Waals surface area contributed by atoms with Crippen LogP contribution in [0.2, 0.25) is 5.02 Å². The van der Waals surface area contributed by atoms with Gasteiger partial charge >= 0.3 is 5.97 Å². The molecule has 4 rings (SSSR count). The van der Waals surface area contributed by atoms with E-state index in [1.54, 1.807) is 0 Å². The summed E-state index contributed by atoms with van der Waals surface area (Å²) in [5.74, 6) is 0.514. The molecule has 0 amide bonds. The molecule has 0 unspecified atom stereocenters. The van der Waals surface area contributed by atoms with Crippen LogP contribution in [0.25, 0.3) is 6.08 Å². The molecule has 0 aliphatic carbocycles. The second-order valence-corrected chi connectivity index (χ2v) is 6.62. The quantitative estimate of drug-likeness (QED) is 0.759. The van der Waals surface area contributed by atoms with Gasteiger partial charge in [0.25, 0.3) is 0 Å². The Kier molecular flexibility index (Phi) is 4.39. The Morgan fingerprint density at radius 2 is 1.88 bits per heavy atom. The Morgan fingerprint density at radius 3 is 2.65 bits per heavy atom. The summed E-state index contributed by atoms with van der Waals surface area (Å²) in [5.41, 5.74) is 3.38. The second-order valence-electron chi connectivity index (χ2n) is 6.18. The number of rotatable bonds is 2. The highest BCUT2D eigenvalue weighted by Crippen LogP contribution is 2.30. The minimum absolute atomic E-state index is 0.314. The van der Waals surface area contributed by atoms with E-state index in [1.807, 2.05) is 54.6 Å². The fraction of sp³-hybridized carbons (Fsp3) is 0.200. The number of nitrogens with zero attached hydrogens (tertiary/aromatic N) is 3. The Labute approximate surface area is 157 Å². The van der Waals surface area contributed by atoms with Crippen molar-refractivity contribution in [2.24, 2.45) is 4.99 Å². The summed E-state index contributed by atoms with van der Waals surface area (Å²) in [5, 5.41) is 0.700. The van der Waals surface area contributed by atoms with E-state index in [1.165, 1.54) is 7.11 Å². The van der Waals surface area contributed by atoms with Crippen molar-refractivity contribution in [1.82, 2.24) is 4.90 Å². The number of methoxy groups -OCH3 is 1. The SMILES string of the molecule is COC(=O)/C1=C/c2ccccc2N=C2N(CCN2c2ccc(Cl)cc2)C1. The lowest BCUT2D eigenvalue weighted by atomic mass is 10.1. The summed E-state index contributed by atoms with van der Waals surface area (Å²) in [7, 11) is 1.41. The predicted molar refractivity (Wildman–Crippen MR) is 104 cm³/mol. The third-order valence-electron chi connectivity index (χ3n) is 4.55. The Balaban J connectivity index is 1.79. The van der Waals surface area contributed by atoms with Gasteiger partial charge in [-0.1, -0.05) is 29.8 Å². The third kappa shape index (κ3) is 3.06. The van der Waals surface area contributed by atoms with Gasteiger partial charge < -0.3 is 14.5 Å². The molecule has 2 aromatic rings. The number of fused-ring (bicyclic) bond motifs is 2. The van der Waals surface area contributed by atoms with Crippen LogP contribution in [0.4, 0.5) is 11.4 Å². The number of para-hydroxylation sites is 1. The second kappa shape index (κ2) is 6.84. The molecule has 0 atom stereocenters. The standard InChI is InChI=1S/C20H18ClN3O2/c1-26-19(25)15-12-14-4-2-3-5-18(14)22-20-23(13-15)10-11-24(20)17-8-6-16(21)7-9-17/h2-9,12H,10-11,13H2,1H3/b15-12+,22-20?. The van der Waals surface area contributed by atoms with Crippen molar-refractivity contribution in [2.75, 3.05) is 31.6 Å². The van der Waals surface area contributed by atoms with Crippen LogP contribution in [0.1, 0.15) is 5.56 Å². The Hall–Kier alpha value is -2.79. The minimum atomic E-state index is -0.314. The summed E-state index contributed by atoms with van der Waals surface area (Å²) in [6.07, 6.45) is 1.87. The number of anilines is 1. The van der Waals surface area contributed by atoms with Crippen molar-refractivity contribution in [3.05, 3.63) is 64.7 Å². The number of guanidine groups is 1. The van der Waals surface area contributed by atoms with Crippen LogP contribution >= 0.6 is 11.6 Å². The van der Waals surface area contributed by atoms with Gasteiger partial charge in [-0.3, -0.25) is 0 Å². The maximum atomic E-state index is 12.2. The zero-order chi connectivity index (χ0) is 18.1. The highest BCUT2D eigenvalue weighted by Gasteiger charge is 2.31. The van der Waals surface area contributed by atoms with Gasteiger partial charge in [0, 0.05) is 29.4 Å². The first kappa shape index (κ1) is 16.7. The summed E-state index contributed by atoms with van der Waals surface area (Å²) in [6.45, 7) is 2.03. The first-order valence-electron chi connectivity index (χ1n) is 8.40. The first-order valence-corrected chi connectivity index (χ1v) is 8.78. The lowest BCUT2D eigenvalue weighted by Gasteiger charge is -2.25. The summed E-state index contributed by atoms with van der Waals surface area (Å²) in [4.78, 5) is 21.4. The number of halogens is 1. The molecule has 0 N–H and O–H groups in total. The molecule has 0 saturated carbocycles. The fourth-order valence-corrected chi connectivity index (χ4v) is 3.38. The smallest absolute Gasteiger partial charge is 0.335 e. The minimum Gasteiger partial charge on any atom is -0.466 e. The van der Waals surface area contributed by atoms with E-state index >= 15 is 0 Å². The van der Waals surface area contributed by atoms with Crippen molar-refractivity contribution in [3.63, 3.8) is 0 Å². The zero-order valence-electron chi connectivity index (χ0n) is 14.4. The van der Waals surface area contributed by atoms with Crippen LogP contribution in [0, 0.1) is 0 Å². The lowest BCUT2D eigenvalue weighted by molar-refractivity contribution is -0.136. The van der Waals surface area contributed by atoms with Gasteiger partial charge in [0.15, 0.2) is 0 Å². The molecule has 1 saturated heterocycles. The van der Waals surface area contributed by atoms with Crippen molar-refractivity contribution >= 4 is 41.0 Å². The molecule has 5 nitrogen and oxygen atoms in total. The van der Waals surface area contributed by atoms with Crippen LogP contribution in [-0.4, -0.2) is 43.6 Å². The molecule has 6 heteroatoms. The molecule has 0 bridgehead atoms. The first-order chi connectivity index (χ1) is 12.7. The Bertz CT molecular complexity index is 906. The number of aliphatic imine (C=N–C) groups is 1. The number of esters is 1. The van der Waals surface area contributed by atoms with Crippen molar-refractivity contribution in [2.45, 2.75) is 0 Å². The topological polar surface area (TPSA) is 45.1 Å². The molecule has 2 aliphatic rings. The molecule has 132 valence electrons. The molecule has 0 radical (unpaired) electrons. The number of carbonyl (C=O) groups is 1. The highest BCUT2D eigenvalue weighted by atomic mass is 35.5. The van der Waals surface area contributed by atoms with Gasteiger partial charge in [-0.2, -0.15) is 0 Å². The van der Waals surface area contributed by atoms with E-state index in [-0.39, 0.29) is 5.97 Å². The molecule has 2 aliphatic heterocycles. The number of ether oxygens (including phenoxy) is 1. The van der Waals surface area contributed by atoms with Crippen molar-refractivity contribution in [3.8, 4) is 0 Å². The third-order valence-corrected chi connectivity index (χ3v) is 4.80. The number of hydrogen-bond acceptors (Lipinski definition) is 5. The summed E-state index contributed by atoms with van der Waals surface area (Å²) >= 11 is 6.02. The van der Waals surface area contributed by atoms with Crippen molar-refractivity contribution in [1.29, 1.82) is 0 Å². The average molecular weight is 368 g/mol. The van der Waals surface area contributed by atoms with Gasteiger partial charge in [0.1, 0.15) is 0 Å². The predicted octanol–water partition coefficient (Wildman–Crippen LogP) is 3.72. The number of benzene rings is 2. The van der Waals surface area contributed by atoms with Gasteiger partial charge in [0.05, 0.1) is 24.9 Å². The van der Waals surface area contributed by atoms with Crippen molar-refractivity contribution < 1.29 is 9.53 Å². The monoisotopic (exact) mass is 367 g/mol. The zero-order valence-corrected chi connectivity index (χ0v) is 15.1. The number of hydrogen-bond donors (Lipinski definition) is 0. The van der Waals surface area contributed by atoms with E-state index in [2.05, 4.69) is 9.80 Å². The molecular weight excluding hydrogens is 350 g/mol. The van der Waals surface area contributed by atoms with Gasteiger partial charge in [0.2, 0.25) is 5.96 Å². The van der Waals surface area contributed by atoms with Crippen LogP contribution in [0.3, 0.4) is 0 Å². The normalized spacial score (nSPS) is 18.1. The Morgan fingerprint density at radius 1 is 1.12 bits per heavy atom. The van der Waals surface area contributed by atoms with E-state index in [4.69, 9.17) is 21.3 Å². The van der Waals surface area contributed by atoms with E-state index in [9.17, 15) is 4.79 Å². The van der Waals surface area contributed by atoms with Crippen LogP contribution in [0.15, 0.2) is 59.1 Å². The lowest BCUT2D eigenvalue weighted by Crippen LogP contribution is -2.36. The highest BCUT2D eigenvalue weighted by molar-refractivity contribution is 6.30. The number of carbonyl (C=O) groups excluding carboxylic acids is 1. The van der Waals surface area contributed by atoms with E-state index < -0.39 is 0 Å². The van der Waals surface area contributed by atoms with Crippen LogP contribution in [0.5, 0.6) is 0 Å². The van der Waals surface area contributed by atoms with Crippen LogP contribution in [-0.2, 0) is 9.53 Å². The van der Waals surface area contributed by atoms with Gasteiger partial charge in [-0.05, 0) is 36.4 Å². The molecule has 2 aromatic carbocycles. The maximum absolute atomic E-state index is 12.2. The fourth-order valence-electron chi connectivity index (χ4n) is 3.25. The molecule has 0 spiro atoms. The molecule has 0 aromatic heterocycles. The average Bonchev–Trinajstić information content (AvgIpc) is 3.02. The maximum Gasteiger partial charge on any atom is 0.335 e. The molecular formula is C20H18ClN3O2. The molecule has 1 fully saturated rings. The largest absolute Gasteiger partial charge is 0.466 e. The summed E-state index contributed by atoms with van der Waals surface area (Å²) in [6, 6.07) is 15.5. The van der Waals surface area contributed by atoms with Gasteiger partial charge in [-0.25, -0.2) is 9.79 Å². The van der Waals surface area contributed by atoms with E-state index in [0.717, 1.165) is 36.0 Å². The van der Waals surface area contributed by atoms with Crippen LogP contribution < -0.4 is 4.90 Å². The van der Waals surface area contributed by atoms with Gasteiger partial charge in [-0.15, -0.1) is 0 Å². The molecule has 2 heterocycles. The summed E-state index contributed by atoms with van der Waals surface area (Å²) < 4.78 is 4.97. The van der Waals surface area contributed by atoms with E-state index in [0.29, 0.717) is 17.1 Å². The molecule has 26 heavy (non-hydrogen) atoms.